The summed E-state index contributed by atoms with van der Waals surface area (Å²) in [6, 6.07) is 14.8. The number of nitrogens with zero attached hydrogens (tertiary/aromatic N) is 4. The van der Waals surface area contributed by atoms with Crippen molar-refractivity contribution in [2.45, 2.75) is 20.0 Å². The van der Waals surface area contributed by atoms with E-state index in [1.54, 1.807) is 33.3 Å². The Morgan fingerprint density at radius 1 is 0.943 bits per heavy atom. The van der Waals surface area contributed by atoms with Crippen molar-refractivity contribution in [3.8, 4) is 28.5 Å². The number of carbonyl (C=O) groups is 1. The molecule has 1 aliphatic rings. The second kappa shape index (κ2) is 10.8. The van der Waals surface area contributed by atoms with Crippen molar-refractivity contribution in [3.63, 3.8) is 0 Å². The van der Waals surface area contributed by atoms with Gasteiger partial charge in [-0.15, -0.1) is 10.2 Å². The third kappa shape index (κ3) is 5.59. The number of piperazine rings is 1. The number of rotatable bonds is 7. The minimum absolute atomic E-state index is 0.0381. The van der Waals surface area contributed by atoms with Gasteiger partial charge in [0.1, 0.15) is 17.2 Å². The van der Waals surface area contributed by atoms with Crippen LogP contribution in [0, 0.1) is 6.92 Å². The van der Waals surface area contributed by atoms with Gasteiger partial charge in [-0.25, -0.2) is 0 Å². The minimum Gasteiger partial charge on any atom is -0.497 e. The van der Waals surface area contributed by atoms with E-state index in [0.29, 0.717) is 48.4 Å². The Hall–Kier alpha value is -3.52. The Labute approximate surface area is 210 Å². The van der Waals surface area contributed by atoms with Gasteiger partial charge in [-0.3, -0.25) is 4.79 Å². The molecule has 0 aliphatic carbocycles. The van der Waals surface area contributed by atoms with Crippen LogP contribution in [0.15, 0.2) is 48.5 Å². The monoisotopic (exact) mass is 496 g/mol. The highest BCUT2D eigenvalue weighted by molar-refractivity contribution is 6.31. The molecule has 2 aromatic carbocycles. The largest absolute Gasteiger partial charge is 0.497 e. The topological polar surface area (TPSA) is 77.0 Å². The van der Waals surface area contributed by atoms with E-state index in [-0.39, 0.29) is 5.91 Å². The summed E-state index contributed by atoms with van der Waals surface area (Å²) in [6.45, 7) is 6.17. The molecule has 4 rings (SSSR count). The molecule has 1 saturated heterocycles. The number of benzene rings is 2. The van der Waals surface area contributed by atoms with Crippen LogP contribution in [0.5, 0.6) is 17.2 Å². The van der Waals surface area contributed by atoms with Crippen molar-refractivity contribution < 1.29 is 19.0 Å². The summed E-state index contributed by atoms with van der Waals surface area (Å²) < 4.78 is 16.6. The van der Waals surface area contributed by atoms with E-state index in [2.05, 4.69) is 15.1 Å². The van der Waals surface area contributed by atoms with Crippen LogP contribution in [0.2, 0.25) is 5.02 Å². The summed E-state index contributed by atoms with van der Waals surface area (Å²) in [5.41, 5.74) is 2.42. The van der Waals surface area contributed by atoms with Gasteiger partial charge in [-0.05, 0) is 67.9 Å². The van der Waals surface area contributed by atoms with Crippen molar-refractivity contribution in [2.75, 3.05) is 45.3 Å². The minimum atomic E-state index is -0.584. The molecule has 1 unspecified atom stereocenters. The zero-order valence-corrected chi connectivity index (χ0v) is 21.1. The zero-order valence-electron chi connectivity index (χ0n) is 20.3. The molecule has 3 aromatic rings. The Kier molecular flexibility index (Phi) is 7.60. The van der Waals surface area contributed by atoms with Gasteiger partial charge in [0.2, 0.25) is 0 Å². The average molecular weight is 497 g/mol. The Balaban J connectivity index is 1.36. The van der Waals surface area contributed by atoms with Crippen molar-refractivity contribution in [3.05, 3.63) is 59.1 Å². The maximum atomic E-state index is 12.9. The number of ether oxygens (including phenoxy) is 3. The van der Waals surface area contributed by atoms with Gasteiger partial charge in [0.15, 0.2) is 11.9 Å². The molecule has 8 nitrogen and oxygen atoms in total. The Bertz CT molecular complexity index is 1180. The molecule has 0 saturated carbocycles. The van der Waals surface area contributed by atoms with Crippen LogP contribution >= 0.6 is 11.6 Å². The van der Waals surface area contributed by atoms with Gasteiger partial charge in [-0.2, -0.15) is 0 Å². The Morgan fingerprint density at radius 2 is 1.69 bits per heavy atom. The number of hydrogen-bond donors (Lipinski definition) is 0. The number of amides is 1. The highest BCUT2D eigenvalue weighted by Crippen LogP contribution is 2.32. The molecule has 0 radical (unpaired) electrons. The molecule has 35 heavy (non-hydrogen) atoms. The molecule has 2 heterocycles. The van der Waals surface area contributed by atoms with Gasteiger partial charge in [0.05, 0.1) is 19.9 Å². The molecule has 0 N–H and O–H groups in total. The predicted molar refractivity (Wildman–Crippen MR) is 136 cm³/mol. The maximum absolute atomic E-state index is 12.9. The second-order valence-corrected chi connectivity index (χ2v) is 8.73. The number of aryl methyl sites for hydroxylation is 1. The number of methoxy groups -OCH3 is 2. The van der Waals surface area contributed by atoms with Gasteiger partial charge in [0, 0.05) is 36.8 Å². The fraction of sp³-hybridized carbons (Fsp3) is 0.346. The molecule has 1 amide bonds. The quantitative estimate of drug-likeness (QED) is 0.484. The Morgan fingerprint density at radius 3 is 2.31 bits per heavy atom. The van der Waals surface area contributed by atoms with E-state index < -0.39 is 6.10 Å². The van der Waals surface area contributed by atoms with Crippen molar-refractivity contribution in [2.24, 2.45) is 0 Å². The van der Waals surface area contributed by atoms with Crippen molar-refractivity contribution >= 4 is 23.3 Å². The van der Waals surface area contributed by atoms with E-state index in [4.69, 9.17) is 25.8 Å². The summed E-state index contributed by atoms with van der Waals surface area (Å²) in [5.74, 6) is 2.78. The van der Waals surface area contributed by atoms with Crippen LogP contribution in [-0.4, -0.2) is 67.5 Å². The van der Waals surface area contributed by atoms with Crippen molar-refractivity contribution in [1.29, 1.82) is 0 Å². The highest BCUT2D eigenvalue weighted by atomic mass is 35.5. The number of hydrogen-bond acceptors (Lipinski definition) is 7. The van der Waals surface area contributed by atoms with Crippen LogP contribution in [-0.2, 0) is 4.79 Å². The number of halogens is 1. The second-order valence-electron chi connectivity index (χ2n) is 8.33. The lowest BCUT2D eigenvalue weighted by Crippen LogP contribution is -2.52. The smallest absolute Gasteiger partial charge is 0.263 e. The van der Waals surface area contributed by atoms with Crippen LogP contribution < -0.4 is 19.1 Å². The van der Waals surface area contributed by atoms with Gasteiger partial charge < -0.3 is 24.0 Å². The summed E-state index contributed by atoms with van der Waals surface area (Å²) in [6.07, 6.45) is -0.584. The summed E-state index contributed by atoms with van der Waals surface area (Å²) in [7, 11) is 3.24. The molecule has 1 aromatic heterocycles. The normalized spacial score (nSPS) is 14.4. The van der Waals surface area contributed by atoms with E-state index in [1.165, 1.54) is 0 Å². The standard InChI is InChI=1S/C26H29ClN4O4/c1-17-15-20(5-7-22(17)27)35-18(2)26(32)31-13-11-30(12-14-31)25-10-8-23(28-29-25)21-16-19(33-3)6-9-24(21)34-4/h5-10,15-16,18H,11-14H2,1-4H3. The average Bonchev–Trinajstić information content (AvgIpc) is 2.90. The fourth-order valence-corrected chi connectivity index (χ4v) is 4.13. The SMILES string of the molecule is COc1ccc(OC)c(-c2ccc(N3CCN(C(=O)C(C)Oc4ccc(Cl)c(C)c4)CC3)nn2)c1. The summed E-state index contributed by atoms with van der Waals surface area (Å²) in [4.78, 5) is 16.9. The third-order valence-corrected chi connectivity index (χ3v) is 6.46. The molecule has 0 spiro atoms. The lowest BCUT2D eigenvalue weighted by atomic mass is 10.1. The first-order chi connectivity index (χ1) is 16.9. The highest BCUT2D eigenvalue weighted by Gasteiger charge is 2.27. The van der Waals surface area contributed by atoms with Gasteiger partial charge in [-0.1, -0.05) is 11.6 Å². The van der Waals surface area contributed by atoms with Gasteiger partial charge >= 0.3 is 0 Å². The summed E-state index contributed by atoms with van der Waals surface area (Å²) >= 11 is 6.08. The van der Waals surface area contributed by atoms with E-state index in [1.807, 2.05) is 48.2 Å². The van der Waals surface area contributed by atoms with Crippen LogP contribution in [0.3, 0.4) is 0 Å². The summed E-state index contributed by atoms with van der Waals surface area (Å²) in [5, 5.41) is 9.51. The first kappa shape index (κ1) is 24.6. The first-order valence-electron chi connectivity index (χ1n) is 11.4. The molecular weight excluding hydrogens is 468 g/mol. The van der Waals surface area contributed by atoms with Crippen LogP contribution in [0.4, 0.5) is 5.82 Å². The van der Waals surface area contributed by atoms with E-state index in [9.17, 15) is 4.79 Å². The lowest BCUT2D eigenvalue weighted by molar-refractivity contribution is -0.138. The molecule has 0 bridgehead atoms. The van der Waals surface area contributed by atoms with Crippen LogP contribution in [0.25, 0.3) is 11.3 Å². The number of aromatic nitrogens is 2. The molecule has 1 fully saturated rings. The molecule has 9 heteroatoms. The molecule has 1 atom stereocenters. The maximum Gasteiger partial charge on any atom is 0.263 e. The number of anilines is 1. The molecule has 184 valence electrons. The van der Waals surface area contributed by atoms with Gasteiger partial charge in [0.25, 0.3) is 5.91 Å². The fourth-order valence-electron chi connectivity index (χ4n) is 4.01. The van der Waals surface area contributed by atoms with Crippen molar-refractivity contribution in [1.82, 2.24) is 15.1 Å². The lowest BCUT2D eigenvalue weighted by Gasteiger charge is -2.36. The van der Waals surface area contributed by atoms with E-state index in [0.717, 1.165) is 22.7 Å². The predicted octanol–water partition coefficient (Wildman–Crippen LogP) is 4.24. The molecule has 1 aliphatic heterocycles. The first-order valence-corrected chi connectivity index (χ1v) is 11.8. The molecular formula is C26H29ClN4O4. The zero-order chi connectivity index (χ0) is 24.9. The third-order valence-electron chi connectivity index (χ3n) is 6.04. The van der Waals surface area contributed by atoms with E-state index >= 15 is 0 Å². The number of carbonyl (C=O) groups excluding carboxylic acids is 1. The van der Waals surface area contributed by atoms with Crippen LogP contribution in [0.1, 0.15) is 12.5 Å².